The first-order chi connectivity index (χ1) is 13.1. The number of aromatic nitrogens is 2. The van der Waals surface area contributed by atoms with Crippen molar-refractivity contribution < 1.29 is 13.9 Å². The van der Waals surface area contributed by atoms with Gasteiger partial charge in [-0.15, -0.1) is 0 Å². The van der Waals surface area contributed by atoms with Gasteiger partial charge in [0.1, 0.15) is 17.3 Å². The third kappa shape index (κ3) is 3.21. The number of benzene rings is 1. The molecule has 0 spiro atoms. The molecule has 0 aliphatic carbocycles. The molecule has 1 aromatic carbocycles. The summed E-state index contributed by atoms with van der Waals surface area (Å²) in [6.07, 6.45) is 2.15. The Balaban J connectivity index is 1.59. The minimum Gasteiger partial charge on any atom is -0.497 e. The highest BCUT2D eigenvalue weighted by atomic mass is 16.5. The molecule has 1 atom stereocenters. The van der Waals surface area contributed by atoms with Gasteiger partial charge in [-0.25, -0.2) is 4.98 Å². The molecule has 1 aliphatic rings. The molecule has 1 aliphatic heterocycles. The Morgan fingerprint density at radius 2 is 2.04 bits per heavy atom. The topological polar surface area (TPSA) is 52.7 Å². The van der Waals surface area contributed by atoms with Crippen molar-refractivity contribution in [3.05, 3.63) is 53.7 Å². The van der Waals surface area contributed by atoms with Crippen molar-refractivity contribution in [2.24, 2.45) is 0 Å². The molecule has 3 aromatic rings. The molecule has 27 heavy (non-hydrogen) atoms. The quantitative estimate of drug-likeness (QED) is 0.681. The summed E-state index contributed by atoms with van der Waals surface area (Å²) in [4.78, 5) is 7.22. The Morgan fingerprint density at radius 3 is 2.81 bits per heavy atom. The van der Waals surface area contributed by atoms with E-state index in [0.29, 0.717) is 17.7 Å². The number of rotatable bonds is 5. The van der Waals surface area contributed by atoms with Crippen LogP contribution in [-0.2, 0) is 13.1 Å². The Bertz CT molecular complexity index is 944. The summed E-state index contributed by atoms with van der Waals surface area (Å²) in [7, 11) is 3.28. The lowest BCUT2D eigenvalue weighted by atomic mass is 10.1. The highest BCUT2D eigenvalue weighted by molar-refractivity contribution is 5.65. The molecule has 142 valence electrons. The highest BCUT2D eigenvalue weighted by Crippen LogP contribution is 2.34. The van der Waals surface area contributed by atoms with E-state index < -0.39 is 0 Å². The normalized spacial score (nSPS) is 17.0. The molecule has 0 saturated heterocycles. The van der Waals surface area contributed by atoms with E-state index in [9.17, 15) is 0 Å². The number of nitrogens with zero attached hydrogens (tertiary/aromatic N) is 3. The first kappa shape index (κ1) is 17.7. The molecule has 6 nitrogen and oxygen atoms in total. The summed E-state index contributed by atoms with van der Waals surface area (Å²) >= 11 is 0. The Kier molecular flexibility index (Phi) is 4.66. The average Bonchev–Trinajstić information content (AvgIpc) is 3.30. The van der Waals surface area contributed by atoms with E-state index in [4.69, 9.17) is 18.9 Å². The summed E-state index contributed by atoms with van der Waals surface area (Å²) in [5.41, 5.74) is 3.14. The SMILES string of the molecule is COc1ccc(-c2nc(CN3CCn4cccc4[C@H]3C)c(C)o2)c(OC)c1. The fraction of sp³-hybridized carbons (Fsp3) is 0.381. The van der Waals surface area contributed by atoms with Gasteiger partial charge in [0, 0.05) is 43.6 Å². The van der Waals surface area contributed by atoms with Crippen molar-refractivity contribution in [1.29, 1.82) is 0 Å². The van der Waals surface area contributed by atoms with Crippen molar-refractivity contribution >= 4 is 0 Å². The second kappa shape index (κ2) is 7.12. The Hall–Kier alpha value is -2.73. The van der Waals surface area contributed by atoms with E-state index >= 15 is 0 Å². The maximum Gasteiger partial charge on any atom is 0.230 e. The number of methoxy groups -OCH3 is 2. The minimum atomic E-state index is 0.351. The third-order valence-corrected chi connectivity index (χ3v) is 5.35. The van der Waals surface area contributed by atoms with Gasteiger partial charge >= 0.3 is 0 Å². The van der Waals surface area contributed by atoms with Crippen LogP contribution in [0.2, 0.25) is 0 Å². The summed E-state index contributed by atoms with van der Waals surface area (Å²) in [5.74, 6) is 2.85. The van der Waals surface area contributed by atoms with E-state index in [-0.39, 0.29) is 0 Å². The predicted octanol–water partition coefficient (Wildman–Crippen LogP) is 4.05. The van der Waals surface area contributed by atoms with Crippen molar-refractivity contribution in [1.82, 2.24) is 14.5 Å². The Labute approximate surface area is 159 Å². The standard InChI is InChI=1S/C21H25N3O3/c1-14-19-6-5-9-23(19)10-11-24(14)13-18-15(2)27-21(22-18)17-8-7-16(25-3)12-20(17)26-4/h5-9,12,14H,10-11,13H2,1-4H3/t14-/m1/s1. The van der Waals surface area contributed by atoms with Gasteiger partial charge in [0.2, 0.25) is 5.89 Å². The van der Waals surface area contributed by atoms with E-state index in [1.807, 2.05) is 25.1 Å². The van der Waals surface area contributed by atoms with Crippen molar-refractivity contribution in [3.8, 4) is 23.0 Å². The third-order valence-electron chi connectivity index (χ3n) is 5.35. The zero-order valence-electron chi connectivity index (χ0n) is 16.2. The van der Waals surface area contributed by atoms with E-state index in [2.05, 4.69) is 34.7 Å². The van der Waals surface area contributed by atoms with Gasteiger partial charge in [0.25, 0.3) is 0 Å². The van der Waals surface area contributed by atoms with Crippen molar-refractivity contribution in [2.45, 2.75) is 33.0 Å². The van der Waals surface area contributed by atoms with Gasteiger partial charge in [0.15, 0.2) is 0 Å². The average molecular weight is 367 g/mol. The van der Waals surface area contributed by atoms with Gasteiger partial charge in [-0.3, -0.25) is 4.90 Å². The molecular weight excluding hydrogens is 342 g/mol. The number of hydrogen-bond acceptors (Lipinski definition) is 5. The van der Waals surface area contributed by atoms with Gasteiger partial charge < -0.3 is 18.5 Å². The fourth-order valence-electron chi connectivity index (χ4n) is 3.70. The summed E-state index contributed by atoms with van der Waals surface area (Å²) in [6, 6.07) is 10.3. The lowest BCUT2D eigenvalue weighted by Gasteiger charge is -2.34. The number of hydrogen-bond donors (Lipinski definition) is 0. The lowest BCUT2D eigenvalue weighted by Crippen LogP contribution is -2.36. The highest BCUT2D eigenvalue weighted by Gasteiger charge is 2.25. The van der Waals surface area contributed by atoms with Crippen LogP contribution in [0.15, 0.2) is 40.9 Å². The van der Waals surface area contributed by atoms with E-state index in [0.717, 1.165) is 42.4 Å². The second-order valence-corrected chi connectivity index (χ2v) is 6.86. The molecule has 0 fully saturated rings. The molecule has 0 unspecified atom stereocenters. The zero-order valence-corrected chi connectivity index (χ0v) is 16.2. The second-order valence-electron chi connectivity index (χ2n) is 6.86. The van der Waals surface area contributed by atoms with Crippen LogP contribution in [-0.4, -0.2) is 35.2 Å². The molecule has 3 heterocycles. The molecule has 0 radical (unpaired) electrons. The van der Waals surface area contributed by atoms with E-state index in [1.54, 1.807) is 14.2 Å². The van der Waals surface area contributed by atoms with Gasteiger partial charge in [-0.2, -0.15) is 0 Å². The fourth-order valence-corrected chi connectivity index (χ4v) is 3.70. The van der Waals surface area contributed by atoms with Crippen LogP contribution in [0.3, 0.4) is 0 Å². The smallest absolute Gasteiger partial charge is 0.230 e. The molecule has 0 N–H and O–H groups in total. The van der Waals surface area contributed by atoms with Crippen molar-refractivity contribution in [3.63, 3.8) is 0 Å². The molecule has 0 saturated carbocycles. The number of aryl methyl sites for hydroxylation is 1. The van der Waals surface area contributed by atoms with Gasteiger partial charge in [-0.05, 0) is 38.1 Å². The van der Waals surface area contributed by atoms with Crippen LogP contribution in [0.5, 0.6) is 11.5 Å². The van der Waals surface area contributed by atoms with Crippen LogP contribution in [0.25, 0.3) is 11.5 Å². The number of ether oxygens (including phenoxy) is 2. The van der Waals surface area contributed by atoms with Crippen LogP contribution < -0.4 is 9.47 Å². The number of oxazole rings is 1. The van der Waals surface area contributed by atoms with Gasteiger partial charge in [-0.1, -0.05) is 0 Å². The number of fused-ring (bicyclic) bond motifs is 1. The molecule has 4 rings (SSSR count). The summed E-state index contributed by atoms with van der Waals surface area (Å²) in [6.45, 7) is 6.98. The molecular formula is C21H25N3O3. The molecule has 0 bridgehead atoms. The predicted molar refractivity (Wildman–Crippen MR) is 103 cm³/mol. The van der Waals surface area contributed by atoms with Crippen LogP contribution in [0, 0.1) is 6.92 Å². The zero-order chi connectivity index (χ0) is 19.0. The van der Waals surface area contributed by atoms with Crippen molar-refractivity contribution in [2.75, 3.05) is 20.8 Å². The molecule has 6 heteroatoms. The molecule has 0 amide bonds. The molecule has 2 aromatic heterocycles. The van der Waals surface area contributed by atoms with Crippen LogP contribution in [0.1, 0.15) is 30.1 Å². The van der Waals surface area contributed by atoms with E-state index in [1.165, 1.54) is 5.69 Å². The van der Waals surface area contributed by atoms with Crippen LogP contribution in [0.4, 0.5) is 0 Å². The van der Waals surface area contributed by atoms with Crippen LogP contribution >= 0.6 is 0 Å². The monoisotopic (exact) mass is 367 g/mol. The summed E-state index contributed by atoms with van der Waals surface area (Å²) in [5, 5.41) is 0. The minimum absolute atomic E-state index is 0.351. The lowest BCUT2D eigenvalue weighted by molar-refractivity contribution is 0.158. The first-order valence-corrected chi connectivity index (χ1v) is 9.18. The largest absolute Gasteiger partial charge is 0.497 e. The first-order valence-electron chi connectivity index (χ1n) is 9.18. The Morgan fingerprint density at radius 1 is 1.19 bits per heavy atom. The maximum absolute atomic E-state index is 5.98. The van der Waals surface area contributed by atoms with Gasteiger partial charge in [0.05, 0.1) is 25.5 Å². The summed E-state index contributed by atoms with van der Waals surface area (Å²) < 4.78 is 19.1. The maximum atomic E-state index is 5.98.